The molecule has 0 aromatic heterocycles. The zero-order valence-electron chi connectivity index (χ0n) is 12.3. The molecule has 2 atom stereocenters. The minimum Gasteiger partial charge on any atom is -0.508 e. The fourth-order valence-corrected chi connectivity index (χ4v) is 2.00. The number of carbonyl (C=O) groups is 2. The lowest BCUT2D eigenvalue weighted by Gasteiger charge is -2.18. The van der Waals surface area contributed by atoms with E-state index in [1.807, 2.05) is 13.8 Å². The zero-order valence-corrected chi connectivity index (χ0v) is 12.3. The Hall–Kier alpha value is -2.24. The largest absolute Gasteiger partial charge is 0.508 e. The van der Waals surface area contributed by atoms with Crippen molar-refractivity contribution in [2.45, 2.75) is 45.2 Å². The summed E-state index contributed by atoms with van der Waals surface area (Å²) in [5, 5.41) is 23.5. The van der Waals surface area contributed by atoms with Crippen molar-refractivity contribution < 1.29 is 19.8 Å². The van der Waals surface area contributed by atoms with Gasteiger partial charge in [0.05, 0.1) is 0 Å². The first kappa shape index (κ1) is 16.8. The van der Waals surface area contributed by atoms with Crippen LogP contribution in [0.1, 0.15) is 32.3 Å². The molecule has 0 heterocycles. The van der Waals surface area contributed by atoms with Gasteiger partial charge in [0, 0.05) is 12.5 Å². The Morgan fingerprint density at radius 1 is 1.19 bits per heavy atom. The number of hydrogen-bond donors (Lipinski definition) is 4. The molecule has 0 saturated carbocycles. The molecule has 0 spiro atoms. The van der Waals surface area contributed by atoms with Crippen LogP contribution in [0.4, 0.5) is 4.79 Å². The van der Waals surface area contributed by atoms with Crippen LogP contribution in [0.5, 0.6) is 5.75 Å². The standard InChI is InChI=1S/C15H22N2O4/c1-3-4-10(2)16-15(21)17-13(14(19)20)9-11-5-7-12(18)8-6-11/h5-8,10,13,18H,3-4,9H2,1-2H3,(H,19,20)(H2,16,17,21)/t10?,13-/m0/s1. The average Bonchev–Trinajstić information content (AvgIpc) is 2.40. The van der Waals surface area contributed by atoms with Gasteiger partial charge in [-0.15, -0.1) is 0 Å². The third-order valence-corrected chi connectivity index (χ3v) is 3.08. The van der Waals surface area contributed by atoms with Crippen LogP contribution < -0.4 is 10.6 Å². The summed E-state index contributed by atoms with van der Waals surface area (Å²) in [5.41, 5.74) is 0.724. The number of hydrogen-bond acceptors (Lipinski definition) is 3. The minimum atomic E-state index is -1.10. The second-order valence-corrected chi connectivity index (χ2v) is 5.07. The number of phenolic OH excluding ortho intramolecular Hbond substituents is 1. The first-order chi connectivity index (χ1) is 9.92. The second-order valence-electron chi connectivity index (χ2n) is 5.07. The molecule has 0 aliphatic rings. The smallest absolute Gasteiger partial charge is 0.326 e. The van der Waals surface area contributed by atoms with Gasteiger partial charge < -0.3 is 20.8 Å². The van der Waals surface area contributed by atoms with Gasteiger partial charge in [-0.25, -0.2) is 9.59 Å². The number of carboxylic acids is 1. The topological polar surface area (TPSA) is 98.7 Å². The van der Waals surface area contributed by atoms with Gasteiger partial charge in [0.1, 0.15) is 11.8 Å². The number of amides is 2. The number of aliphatic carboxylic acids is 1. The van der Waals surface area contributed by atoms with Crippen LogP contribution in [-0.4, -0.2) is 34.3 Å². The van der Waals surface area contributed by atoms with Crippen molar-refractivity contribution in [1.29, 1.82) is 0 Å². The van der Waals surface area contributed by atoms with Gasteiger partial charge >= 0.3 is 12.0 Å². The third-order valence-electron chi connectivity index (χ3n) is 3.08. The molecule has 0 saturated heterocycles. The first-order valence-electron chi connectivity index (χ1n) is 7.00. The van der Waals surface area contributed by atoms with E-state index in [4.69, 9.17) is 0 Å². The van der Waals surface area contributed by atoms with Crippen LogP contribution in [0.3, 0.4) is 0 Å². The number of rotatable bonds is 7. The number of benzene rings is 1. The lowest BCUT2D eigenvalue weighted by molar-refractivity contribution is -0.139. The number of carboxylic acid groups (broad SMARTS) is 1. The van der Waals surface area contributed by atoms with Crippen molar-refractivity contribution in [3.8, 4) is 5.75 Å². The van der Waals surface area contributed by atoms with Crippen molar-refractivity contribution in [2.24, 2.45) is 0 Å². The van der Waals surface area contributed by atoms with Crippen molar-refractivity contribution in [2.75, 3.05) is 0 Å². The van der Waals surface area contributed by atoms with Crippen molar-refractivity contribution >= 4 is 12.0 Å². The lowest BCUT2D eigenvalue weighted by Crippen LogP contribution is -2.49. The Morgan fingerprint density at radius 3 is 2.33 bits per heavy atom. The summed E-state index contributed by atoms with van der Waals surface area (Å²) < 4.78 is 0. The molecule has 1 aromatic carbocycles. The molecule has 1 rings (SSSR count). The van der Waals surface area contributed by atoms with E-state index in [2.05, 4.69) is 10.6 Å². The quantitative estimate of drug-likeness (QED) is 0.617. The maximum absolute atomic E-state index is 11.8. The predicted molar refractivity (Wildman–Crippen MR) is 79.3 cm³/mol. The number of aromatic hydroxyl groups is 1. The highest BCUT2D eigenvalue weighted by atomic mass is 16.4. The SMILES string of the molecule is CCCC(C)NC(=O)N[C@@H](Cc1ccc(O)cc1)C(=O)O. The summed E-state index contributed by atoms with van der Waals surface area (Å²) in [5.74, 6) is -0.980. The number of carbonyl (C=O) groups excluding carboxylic acids is 1. The molecule has 1 unspecified atom stereocenters. The summed E-state index contributed by atoms with van der Waals surface area (Å²) in [6.45, 7) is 3.89. The number of urea groups is 1. The van der Waals surface area contributed by atoms with Crippen LogP contribution in [0.15, 0.2) is 24.3 Å². The molecular weight excluding hydrogens is 272 g/mol. The summed E-state index contributed by atoms with van der Waals surface area (Å²) in [6.07, 6.45) is 1.94. The van der Waals surface area contributed by atoms with Gasteiger partial charge in [-0.3, -0.25) is 0 Å². The Labute approximate surface area is 124 Å². The predicted octanol–water partition coefficient (Wildman–Crippen LogP) is 1.88. The van der Waals surface area contributed by atoms with Crippen LogP contribution in [-0.2, 0) is 11.2 Å². The van der Waals surface area contributed by atoms with Gasteiger partial charge in [0.15, 0.2) is 0 Å². The molecule has 0 aliphatic carbocycles. The molecular formula is C15H22N2O4. The number of nitrogens with one attached hydrogen (secondary N) is 2. The van der Waals surface area contributed by atoms with Crippen LogP contribution >= 0.6 is 0 Å². The second kappa shape index (κ2) is 8.14. The molecule has 0 radical (unpaired) electrons. The lowest BCUT2D eigenvalue weighted by atomic mass is 10.1. The third kappa shape index (κ3) is 6.16. The first-order valence-corrected chi connectivity index (χ1v) is 7.00. The molecule has 4 N–H and O–H groups in total. The van der Waals surface area contributed by atoms with Gasteiger partial charge in [-0.2, -0.15) is 0 Å². The fourth-order valence-electron chi connectivity index (χ4n) is 2.00. The van der Waals surface area contributed by atoms with Gasteiger partial charge in [-0.1, -0.05) is 25.5 Å². The maximum atomic E-state index is 11.8. The van der Waals surface area contributed by atoms with Gasteiger partial charge in [0.2, 0.25) is 0 Å². The molecule has 0 aliphatic heterocycles. The Kier molecular flexibility index (Phi) is 6.52. The Balaban J connectivity index is 2.59. The molecule has 6 heteroatoms. The van der Waals surface area contributed by atoms with Crippen molar-refractivity contribution in [1.82, 2.24) is 10.6 Å². The van der Waals surface area contributed by atoms with E-state index in [-0.39, 0.29) is 18.2 Å². The molecule has 6 nitrogen and oxygen atoms in total. The Bertz CT molecular complexity index is 473. The molecule has 0 fully saturated rings. The van der Waals surface area contributed by atoms with E-state index in [1.54, 1.807) is 12.1 Å². The molecule has 1 aromatic rings. The minimum absolute atomic E-state index is 0.00174. The molecule has 2 amide bonds. The van der Waals surface area contributed by atoms with Crippen LogP contribution in [0, 0.1) is 0 Å². The average molecular weight is 294 g/mol. The van der Waals surface area contributed by atoms with Gasteiger partial charge in [-0.05, 0) is 31.0 Å². The van der Waals surface area contributed by atoms with Crippen LogP contribution in [0.2, 0.25) is 0 Å². The summed E-state index contributed by atoms with van der Waals surface area (Å²) in [6, 6.07) is 4.73. The van der Waals surface area contributed by atoms with Crippen molar-refractivity contribution in [3.63, 3.8) is 0 Å². The van der Waals surface area contributed by atoms with E-state index in [0.29, 0.717) is 0 Å². The van der Waals surface area contributed by atoms with E-state index >= 15 is 0 Å². The zero-order chi connectivity index (χ0) is 15.8. The molecule has 0 bridgehead atoms. The highest BCUT2D eigenvalue weighted by Crippen LogP contribution is 2.11. The van der Waals surface area contributed by atoms with E-state index in [1.165, 1.54) is 12.1 Å². The fraction of sp³-hybridized carbons (Fsp3) is 0.467. The number of phenols is 1. The van der Waals surface area contributed by atoms with E-state index in [9.17, 15) is 19.8 Å². The van der Waals surface area contributed by atoms with E-state index in [0.717, 1.165) is 18.4 Å². The summed E-state index contributed by atoms with van der Waals surface area (Å²) >= 11 is 0. The van der Waals surface area contributed by atoms with Gasteiger partial charge in [0.25, 0.3) is 0 Å². The normalized spacial score (nSPS) is 13.2. The Morgan fingerprint density at radius 2 is 1.81 bits per heavy atom. The monoisotopic (exact) mass is 294 g/mol. The molecule has 21 heavy (non-hydrogen) atoms. The van der Waals surface area contributed by atoms with E-state index < -0.39 is 18.0 Å². The highest BCUT2D eigenvalue weighted by molar-refractivity contribution is 5.82. The van der Waals surface area contributed by atoms with Crippen molar-refractivity contribution in [3.05, 3.63) is 29.8 Å². The summed E-state index contributed by atoms with van der Waals surface area (Å²) in [4.78, 5) is 23.0. The summed E-state index contributed by atoms with van der Waals surface area (Å²) in [7, 11) is 0. The highest BCUT2D eigenvalue weighted by Gasteiger charge is 2.21. The molecule has 116 valence electrons. The van der Waals surface area contributed by atoms with Crippen LogP contribution in [0.25, 0.3) is 0 Å². The maximum Gasteiger partial charge on any atom is 0.326 e.